The van der Waals surface area contributed by atoms with Gasteiger partial charge >= 0.3 is 5.97 Å². The number of aldehydes is 1. The van der Waals surface area contributed by atoms with E-state index in [1.54, 1.807) is 6.92 Å². The number of aryl methyl sites for hydroxylation is 1. The Morgan fingerprint density at radius 3 is 2.83 bits per heavy atom. The standard InChI is InChI=1S/C7H7NO4/c1-2-5-6(7(10)11)4(3-9)8-12-5/h3H,2H2,1H3,(H,10,11). The highest BCUT2D eigenvalue weighted by Crippen LogP contribution is 2.12. The highest BCUT2D eigenvalue weighted by Gasteiger charge is 2.20. The van der Waals surface area contributed by atoms with E-state index >= 15 is 0 Å². The molecule has 1 rings (SSSR count). The zero-order valence-corrected chi connectivity index (χ0v) is 6.40. The lowest BCUT2D eigenvalue weighted by Gasteiger charge is -1.89. The summed E-state index contributed by atoms with van der Waals surface area (Å²) < 4.78 is 4.64. The first-order chi connectivity index (χ1) is 5.70. The van der Waals surface area contributed by atoms with E-state index in [1.165, 1.54) is 0 Å². The van der Waals surface area contributed by atoms with Gasteiger partial charge in [-0.15, -0.1) is 0 Å². The molecule has 0 fully saturated rings. The maximum atomic E-state index is 10.6. The van der Waals surface area contributed by atoms with E-state index in [9.17, 15) is 9.59 Å². The van der Waals surface area contributed by atoms with Gasteiger partial charge in [0, 0.05) is 6.42 Å². The summed E-state index contributed by atoms with van der Waals surface area (Å²) >= 11 is 0. The molecule has 64 valence electrons. The molecule has 0 spiro atoms. The smallest absolute Gasteiger partial charge is 0.341 e. The number of carboxylic acid groups (broad SMARTS) is 1. The van der Waals surface area contributed by atoms with Gasteiger partial charge in [-0.1, -0.05) is 12.1 Å². The van der Waals surface area contributed by atoms with Gasteiger partial charge < -0.3 is 9.63 Å². The van der Waals surface area contributed by atoms with Crippen LogP contribution in [0.4, 0.5) is 0 Å². The van der Waals surface area contributed by atoms with Gasteiger partial charge in [0.2, 0.25) is 0 Å². The number of hydrogen-bond donors (Lipinski definition) is 1. The molecule has 12 heavy (non-hydrogen) atoms. The van der Waals surface area contributed by atoms with E-state index in [4.69, 9.17) is 5.11 Å². The van der Waals surface area contributed by atoms with Crippen molar-refractivity contribution in [2.75, 3.05) is 0 Å². The second-order valence-corrected chi connectivity index (χ2v) is 2.14. The molecule has 5 heteroatoms. The second kappa shape index (κ2) is 3.17. The zero-order valence-electron chi connectivity index (χ0n) is 6.40. The molecule has 0 aromatic carbocycles. The summed E-state index contributed by atoms with van der Waals surface area (Å²) in [6.07, 6.45) is 0.772. The lowest BCUT2D eigenvalue weighted by Crippen LogP contribution is -2.02. The van der Waals surface area contributed by atoms with Crippen LogP contribution in [0.2, 0.25) is 0 Å². The Labute approximate surface area is 68.0 Å². The molecule has 0 atom stereocenters. The van der Waals surface area contributed by atoms with Crippen LogP contribution < -0.4 is 0 Å². The van der Waals surface area contributed by atoms with Gasteiger partial charge in [-0.3, -0.25) is 4.79 Å². The molecular formula is C7H7NO4. The van der Waals surface area contributed by atoms with Crippen molar-refractivity contribution < 1.29 is 19.2 Å². The Morgan fingerprint density at radius 1 is 1.75 bits per heavy atom. The molecule has 1 N–H and O–H groups in total. The predicted octanol–water partition coefficient (Wildman–Crippen LogP) is 0.748. The molecule has 0 aliphatic heterocycles. The lowest BCUT2D eigenvalue weighted by molar-refractivity contribution is 0.0692. The molecule has 1 aromatic heterocycles. The van der Waals surface area contributed by atoms with E-state index in [0.717, 1.165) is 0 Å². The molecule has 0 bridgehead atoms. The summed E-state index contributed by atoms with van der Waals surface area (Å²) in [6.45, 7) is 1.72. The number of carbonyl (C=O) groups is 2. The Bertz CT molecular complexity index is 315. The average Bonchev–Trinajstić information content (AvgIpc) is 2.46. The van der Waals surface area contributed by atoms with Crippen molar-refractivity contribution in [3.63, 3.8) is 0 Å². The number of aromatic nitrogens is 1. The van der Waals surface area contributed by atoms with Gasteiger partial charge in [-0.2, -0.15) is 0 Å². The van der Waals surface area contributed by atoms with Crippen LogP contribution in [0.3, 0.4) is 0 Å². The Balaban J connectivity index is 3.25. The Morgan fingerprint density at radius 2 is 2.42 bits per heavy atom. The number of aromatic carboxylic acids is 1. The quantitative estimate of drug-likeness (QED) is 0.675. The largest absolute Gasteiger partial charge is 0.477 e. The average molecular weight is 169 g/mol. The molecule has 0 saturated heterocycles. The molecule has 0 radical (unpaired) electrons. The summed E-state index contributed by atoms with van der Waals surface area (Å²) in [5, 5.41) is 11.9. The molecule has 0 unspecified atom stereocenters. The monoisotopic (exact) mass is 169 g/mol. The predicted molar refractivity (Wildman–Crippen MR) is 38.2 cm³/mol. The third kappa shape index (κ3) is 1.20. The molecule has 5 nitrogen and oxygen atoms in total. The molecular weight excluding hydrogens is 162 g/mol. The molecule has 0 saturated carbocycles. The van der Waals surface area contributed by atoms with Gasteiger partial charge in [-0.25, -0.2) is 4.79 Å². The zero-order chi connectivity index (χ0) is 9.14. The fourth-order valence-corrected chi connectivity index (χ4v) is 0.889. The Hall–Kier alpha value is -1.65. The van der Waals surface area contributed by atoms with Gasteiger partial charge in [0.15, 0.2) is 17.7 Å². The van der Waals surface area contributed by atoms with Crippen molar-refractivity contribution in [3.05, 3.63) is 17.0 Å². The minimum absolute atomic E-state index is 0.132. The van der Waals surface area contributed by atoms with Crippen molar-refractivity contribution in [2.45, 2.75) is 13.3 Å². The first kappa shape index (κ1) is 8.45. The van der Waals surface area contributed by atoms with Gasteiger partial charge in [-0.05, 0) is 0 Å². The molecule has 0 amide bonds. The van der Waals surface area contributed by atoms with E-state index in [-0.39, 0.29) is 17.0 Å². The molecule has 0 aliphatic carbocycles. The van der Waals surface area contributed by atoms with E-state index in [1.807, 2.05) is 0 Å². The van der Waals surface area contributed by atoms with Crippen LogP contribution >= 0.6 is 0 Å². The first-order valence-corrected chi connectivity index (χ1v) is 3.37. The van der Waals surface area contributed by atoms with Crippen molar-refractivity contribution in [1.82, 2.24) is 5.16 Å². The van der Waals surface area contributed by atoms with Crippen LogP contribution in [0, 0.1) is 0 Å². The molecule has 1 aromatic rings. The number of carboxylic acids is 1. The summed E-state index contributed by atoms with van der Waals surface area (Å²) in [5.41, 5.74) is -0.285. The summed E-state index contributed by atoms with van der Waals surface area (Å²) in [6, 6.07) is 0. The third-order valence-electron chi connectivity index (χ3n) is 1.44. The fourth-order valence-electron chi connectivity index (χ4n) is 0.889. The maximum absolute atomic E-state index is 10.6. The van der Waals surface area contributed by atoms with Gasteiger partial charge in [0.05, 0.1) is 0 Å². The van der Waals surface area contributed by atoms with E-state index < -0.39 is 5.97 Å². The number of carbonyl (C=O) groups excluding carboxylic acids is 1. The number of rotatable bonds is 3. The van der Waals surface area contributed by atoms with Crippen LogP contribution in [0.1, 0.15) is 33.5 Å². The first-order valence-electron chi connectivity index (χ1n) is 3.37. The minimum atomic E-state index is -1.18. The van der Waals surface area contributed by atoms with Crippen LogP contribution in [0.25, 0.3) is 0 Å². The van der Waals surface area contributed by atoms with Crippen LogP contribution in [0.15, 0.2) is 4.52 Å². The fraction of sp³-hybridized carbons (Fsp3) is 0.286. The van der Waals surface area contributed by atoms with Crippen molar-refractivity contribution in [1.29, 1.82) is 0 Å². The summed E-state index contributed by atoms with van der Waals surface area (Å²) in [5.74, 6) is -0.959. The van der Waals surface area contributed by atoms with Crippen molar-refractivity contribution in [2.24, 2.45) is 0 Å². The van der Waals surface area contributed by atoms with Crippen molar-refractivity contribution >= 4 is 12.3 Å². The highest BCUT2D eigenvalue weighted by molar-refractivity contribution is 5.96. The number of nitrogens with zero attached hydrogens (tertiary/aromatic N) is 1. The maximum Gasteiger partial charge on any atom is 0.341 e. The summed E-state index contributed by atoms with van der Waals surface area (Å²) in [4.78, 5) is 20.8. The van der Waals surface area contributed by atoms with Gasteiger partial charge in [0.25, 0.3) is 0 Å². The Kier molecular flexibility index (Phi) is 2.23. The van der Waals surface area contributed by atoms with Gasteiger partial charge in [0.1, 0.15) is 5.56 Å². The topological polar surface area (TPSA) is 80.4 Å². The normalized spacial score (nSPS) is 9.75. The SMILES string of the molecule is CCc1onc(C=O)c1C(=O)O. The highest BCUT2D eigenvalue weighted by atomic mass is 16.5. The summed E-state index contributed by atoms with van der Waals surface area (Å²) in [7, 11) is 0. The minimum Gasteiger partial charge on any atom is -0.477 e. The molecule has 0 aliphatic rings. The third-order valence-corrected chi connectivity index (χ3v) is 1.44. The number of hydrogen-bond acceptors (Lipinski definition) is 4. The second-order valence-electron chi connectivity index (χ2n) is 2.14. The van der Waals surface area contributed by atoms with Crippen molar-refractivity contribution in [3.8, 4) is 0 Å². The van der Waals surface area contributed by atoms with E-state index in [0.29, 0.717) is 12.7 Å². The van der Waals surface area contributed by atoms with Crippen LogP contribution in [-0.4, -0.2) is 22.5 Å². The van der Waals surface area contributed by atoms with E-state index in [2.05, 4.69) is 9.68 Å². The lowest BCUT2D eigenvalue weighted by atomic mass is 10.2. The van der Waals surface area contributed by atoms with Crippen LogP contribution in [0.5, 0.6) is 0 Å². The van der Waals surface area contributed by atoms with Crippen LogP contribution in [-0.2, 0) is 6.42 Å². The molecule has 1 heterocycles.